The maximum absolute atomic E-state index is 6.83. The van der Waals surface area contributed by atoms with E-state index in [-0.39, 0.29) is 46.5 Å². The monoisotopic (exact) mass is 569 g/mol. The summed E-state index contributed by atoms with van der Waals surface area (Å²) in [4.78, 5) is 0. The fourth-order valence-corrected chi connectivity index (χ4v) is 5.59. The SMILES string of the molecule is [B]C(C)(OC(C)CC(C)(CC)OCC(CC)(CCCC)COC(C)(CC)CC(C)OC(C)(C)CC(C)N)C(C)N. The second-order valence-corrected chi connectivity index (χ2v) is 14.3. The summed E-state index contributed by atoms with van der Waals surface area (Å²) in [5, 5.41) is 0. The van der Waals surface area contributed by atoms with Crippen molar-refractivity contribution in [3.63, 3.8) is 0 Å². The van der Waals surface area contributed by atoms with Crippen molar-refractivity contribution in [3.8, 4) is 0 Å². The topological polar surface area (TPSA) is 89.0 Å². The van der Waals surface area contributed by atoms with Gasteiger partial charge in [0.25, 0.3) is 0 Å². The Morgan fingerprint density at radius 2 is 1.12 bits per heavy atom. The average molecular weight is 569 g/mol. The molecule has 0 saturated carbocycles. The van der Waals surface area contributed by atoms with E-state index in [1.165, 1.54) is 0 Å². The lowest BCUT2D eigenvalue weighted by atomic mass is 9.77. The van der Waals surface area contributed by atoms with Gasteiger partial charge in [-0.05, 0) is 94.4 Å². The van der Waals surface area contributed by atoms with Gasteiger partial charge in [-0.1, -0.05) is 40.5 Å². The van der Waals surface area contributed by atoms with E-state index >= 15 is 0 Å². The molecule has 0 spiro atoms. The van der Waals surface area contributed by atoms with Crippen LogP contribution < -0.4 is 11.5 Å². The third-order valence-corrected chi connectivity index (χ3v) is 8.89. The minimum Gasteiger partial charge on any atom is -0.381 e. The lowest BCUT2D eigenvalue weighted by Gasteiger charge is -2.42. The van der Waals surface area contributed by atoms with Gasteiger partial charge in [-0.25, -0.2) is 0 Å². The average Bonchev–Trinajstić information content (AvgIpc) is 2.82. The molecule has 4 N–H and O–H groups in total. The van der Waals surface area contributed by atoms with Crippen molar-refractivity contribution in [2.45, 2.75) is 194 Å². The van der Waals surface area contributed by atoms with Crippen LogP contribution >= 0.6 is 0 Å². The van der Waals surface area contributed by atoms with Crippen molar-refractivity contribution >= 4 is 7.85 Å². The first kappa shape index (κ1) is 39.8. The van der Waals surface area contributed by atoms with Crippen molar-refractivity contribution in [2.75, 3.05) is 13.2 Å². The zero-order valence-electron chi connectivity index (χ0n) is 29.0. The molecule has 0 fully saturated rings. The van der Waals surface area contributed by atoms with Gasteiger partial charge < -0.3 is 30.4 Å². The highest BCUT2D eigenvalue weighted by atomic mass is 16.5. The zero-order chi connectivity index (χ0) is 31.4. The van der Waals surface area contributed by atoms with E-state index in [0.29, 0.717) is 13.2 Å². The summed E-state index contributed by atoms with van der Waals surface area (Å²) in [5.74, 6) is 0. The van der Waals surface area contributed by atoms with Gasteiger partial charge in [0.2, 0.25) is 0 Å². The molecule has 0 aliphatic rings. The molecule has 0 saturated heterocycles. The molecule has 0 heterocycles. The molecule has 40 heavy (non-hydrogen) atoms. The van der Waals surface area contributed by atoms with Crippen LogP contribution in [-0.4, -0.2) is 67.7 Å². The first-order valence-electron chi connectivity index (χ1n) is 16.2. The summed E-state index contributed by atoms with van der Waals surface area (Å²) in [6, 6.07) is -0.161. The fraction of sp³-hybridized carbons (Fsp3) is 1.00. The van der Waals surface area contributed by atoms with E-state index in [1.54, 1.807) is 0 Å². The van der Waals surface area contributed by atoms with Gasteiger partial charge in [-0.15, -0.1) is 0 Å². The standard InChI is InChI=1S/C33H69BN2O4/c1-14-18-19-33(17-4,24-38-31(12,16-3)22-27(7)40-32(13,34)28(8)36)23-37-30(11,15-2)21-26(6)39-29(9,10)20-25(5)35/h25-28H,14-24,35-36H2,1-13H3. The van der Waals surface area contributed by atoms with Crippen LogP contribution in [-0.2, 0) is 18.9 Å². The van der Waals surface area contributed by atoms with Crippen molar-refractivity contribution in [1.29, 1.82) is 0 Å². The van der Waals surface area contributed by atoms with E-state index in [2.05, 4.69) is 69.2 Å². The second-order valence-electron chi connectivity index (χ2n) is 14.3. The summed E-state index contributed by atoms with van der Waals surface area (Å²) >= 11 is 0. The Hall–Kier alpha value is -0.175. The van der Waals surface area contributed by atoms with Crippen LogP contribution in [0.4, 0.5) is 0 Å². The third-order valence-electron chi connectivity index (χ3n) is 8.89. The third kappa shape index (κ3) is 14.8. The van der Waals surface area contributed by atoms with Gasteiger partial charge in [0, 0.05) is 35.8 Å². The zero-order valence-corrected chi connectivity index (χ0v) is 29.0. The molecule has 2 radical (unpaired) electrons. The Balaban J connectivity index is 5.56. The van der Waals surface area contributed by atoms with Crippen LogP contribution in [0.2, 0.25) is 0 Å². The molecule has 0 aromatic carbocycles. The molecule has 6 nitrogen and oxygen atoms in total. The Bertz CT molecular complexity index is 689. The lowest BCUT2D eigenvalue weighted by Crippen LogP contribution is -2.49. The number of hydrogen-bond donors (Lipinski definition) is 2. The van der Waals surface area contributed by atoms with Crippen LogP contribution in [0.5, 0.6) is 0 Å². The van der Waals surface area contributed by atoms with E-state index in [0.717, 1.165) is 57.8 Å². The van der Waals surface area contributed by atoms with Crippen LogP contribution in [0.25, 0.3) is 0 Å². The molecule has 0 aliphatic heterocycles. The quantitative estimate of drug-likeness (QED) is 0.126. The molecule has 238 valence electrons. The van der Waals surface area contributed by atoms with Crippen LogP contribution in [0.15, 0.2) is 0 Å². The first-order chi connectivity index (χ1) is 18.2. The van der Waals surface area contributed by atoms with E-state index in [9.17, 15) is 0 Å². The summed E-state index contributed by atoms with van der Waals surface area (Å²) in [5.41, 5.74) is 10.3. The van der Waals surface area contributed by atoms with Gasteiger partial charge in [-0.2, -0.15) is 0 Å². The molecule has 0 aliphatic carbocycles. The minimum absolute atomic E-state index is 0.0561. The molecular formula is C33H69BN2O4. The van der Waals surface area contributed by atoms with Crippen LogP contribution in [0, 0.1) is 5.41 Å². The van der Waals surface area contributed by atoms with Gasteiger partial charge in [0.15, 0.2) is 0 Å². The molecule has 0 rings (SSSR count). The van der Waals surface area contributed by atoms with Crippen molar-refractivity contribution in [2.24, 2.45) is 16.9 Å². The number of rotatable bonds is 23. The summed E-state index contributed by atoms with van der Waals surface area (Å²) < 4.78 is 26.2. The predicted octanol–water partition coefficient (Wildman–Crippen LogP) is 7.28. The predicted molar refractivity (Wildman–Crippen MR) is 172 cm³/mol. The van der Waals surface area contributed by atoms with Crippen LogP contribution in [0.1, 0.15) is 148 Å². The smallest absolute Gasteiger partial charge is 0.115 e. The highest BCUT2D eigenvalue weighted by Crippen LogP contribution is 2.37. The maximum Gasteiger partial charge on any atom is 0.115 e. The fourth-order valence-electron chi connectivity index (χ4n) is 5.59. The first-order valence-corrected chi connectivity index (χ1v) is 16.2. The largest absolute Gasteiger partial charge is 0.381 e. The van der Waals surface area contributed by atoms with Crippen molar-refractivity contribution in [1.82, 2.24) is 0 Å². The van der Waals surface area contributed by atoms with Crippen molar-refractivity contribution < 1.29 is 18.9 Å². The van der Waals surface area contributed by atoms with Gasteiger partial charge >= 0.3 is 0 Å². The van der Waals surface area contributed by atoms with Gasteiger partial charge in [-0.3, -0.25) is 0 Å². The van der Waals surface area contributed by atoms with Gasteiger partial charge in [0.1, 0.15) is 7.85 Å². The highest BCUT2D eigenvalue weighted by molar-refractivity contribution is 6.14. The second kappa shape index (κ2) is 17.2. The number of ether oxygens (including phenoxy) is 4. The molecule has 0 bridgehead atoms. The molecule has 0 aromatic rings. The molecular weight excluding hydrogens is 499 g/mol. The number of unbranched alkanes of at least 4 members (excludes halogenated alkanes) is 1. The Labute approximate surface area is 251 Å². The molecule has 7 heteroatoms. The normalized spacial score (nSPS) is 21.9. The van der Waals surface area contributed by atoms with Gasteiger partial charge in [0.05, 0.1) is 42.2 Å². The molecule has 8 unspecified atom stereocenters. The van der Waals surface area contributed by atoms with Crippen LogP contribution in [0.3, 0.4) is 0 Å². The lowest BCUT2D eigenvalue weighted by molar-refractivity contribution is -0.159. The summed E-state index contributed by atoms with van der Waals surface area (Å²) in [6.45, 7) is 28.9. The minimum atomic E-state index is -0.876. The number of nitrogens with two attached hydrogens (primary N) is 2. The summed E-state index contributed by atoms with van der Waals surface area (Å²) in [7, 11) is 6.30. The van der Waals surface area contributed by atoms with E-state index in [1.807, 2.05) is 20.8 Å². The van der Waals surface area contributed by atoms with E-state index < -0.39 is 5.50 Å². The van der Waals surface area contributed by atoms with Crippen molar-refractivity contribution in [3.05, 3.63) is 0 Å². The Kier molecular flexibility index (Phi) is 17.1. The Morgan fingerprint density at radius 3 is 1.48 bits per heavy atom. The molecule has 0 amide bonds. The number of hydrogen-bond acceptors (Lipinski definition) is 6. The highest BCUT2D eigenvalue weighted by Gasteiger charge is 2.38. The maximum atomic E-state index is 6.83. The van der Waals surface area contributed by atoms with E-state index in [4.69, 9.17) is 38.3 Å². The summed E-state index contributed by atoms with van der Waals surface area (Å²) in [6.07, 6.45) is 8.56. The Morgan fingerprint density at radius 1 is 0.675 bits per heavy atom. The molecule has 0 aromatic heterocycles. The molecule has 8 atom stereocenters.